The van der Waals surface area contributed by atoms with Crippen LogP contribution in [0.3, 0.4) is 0 Å². The van der Waals surface area contributed by atoms with E-state index in [1.54, 1.807) is 15.5 Å². The maximum absolute atomic E-state index is 13.9. The van der Waals surface area contributed by atoms with Crippen molar-refractivity contribution in [2.75, 3.05) is 35.5 Å². The second-order valence-corrected chi connectivity index (χ2v) is 13.2. The second-order valence-electron chi connectivity index (χ2n) is 11.0. The summed E-state index contributed by atoms with van der Waals surface area (Å²) in [7, 11) is -3.59. The number of rotatable bonds is 7. The molecule has 220 valence electrons. The van der Waals surface area contributed by atoms with Gasteiger partial charge < -0.3 is 14.5 Å². The minimum Gasteiger partial charge on any atom is -0.489 e. The van der Waals surface area contributed by atoms with Crippen molar-refractivity contribution in [2.45, 2.75) is 44.8 Å². The summed E-state index contributed by atoms with van der Waals surface area (Å²) >= 11 is 6.23. The Morgan fingerprint density at radius 3 is 2.67 bits per heavy atom. The van der Waals surface area contributed by atoms with Crippen molar-refractivity contribution in [1.82, 2.24) is 19.5 Å². The monoisotopic (exact) mass is 608 g/mol. The Hall–Kier alpha value is -3.83. The van der Waals surface area contributed by atoms with E-state index in [1.807, 2.05) is 49.5 Å². The zero-order valence-corrected chi connectivity index (χ0v) is 25.1. The number of nitrogens with zero attached hydrogens (tertiary/aromatic N) is 5. The van der Waals surface area contributed by atoms with Gasteiger partial charge in [0.05, 0.1) is 35.8 Å². The number of carbonyl (C=O) groups is 1. The predicted molar refractivity (Wildman–Crippen MR) is 163 cm³/mol. The van der Waals surface area contributed by atoms with Crippen molar-refractivity contribution in [3.05, 3.63) is 82.6 Å². The molecule has 0 radical (unpaired) electrons. The molecule has 0 saturated carbocycles. The lowest BCUT2D eigenvalue weighted by atomic mass is 9.98. The summed E-state index contributed by atoms with van der Waals surface area (Å²) in [5, 5.41) is 5.19. The quantitative estimate of drug-likeness (QED) is 0.311. The number of anilines is 2. The van der Waals surface area contributed by atoms with E-state index in [4.69, 9.17) is 26.4 Å². The van der Waals surface area contributed by atoms with Crippen LogP contribution >= 0.6 is 11.6 Å². The Morgan fingerprint density at radius 2 is 1.88 bits per heavy atom. The van der Waals surface area contributed by atoms with Crippen LogP contribution in [-0.4, -0.2) is 65.8 Å². The first kappa shape index (κ1) is 28.3. The van der Waals surface area contributed by atoms with Gasteiger partial charge in [-0.1, -0.05) is 29.8 Å². The topological polar surface area (TPSA) is 109 Å². The third-order valence-corrected chi connectivity index (χ3v) is 8.55. The van der Waals surface area contributed by atoms with Crippen molar-refractivity contribution >= 4 is 44.7 Å². The molecule has 2 saturated heterocycles. The predicted octanol–water partition coefficient (Wildman–Crippen LogP) is 5.09. The van der Waals surface area contributed by atoms with Gasteiger partial charge in [0, 0.05) is 42.4 Å². The molecular weight excluding hydrogens is 576 g/mol. The molecule has 6 rings (SSSR count). The number of fused-ring (bicyclic) bond motifs is 1. The molecule has 4 heterocycles. The zero-order chi connectivity index (χ0) is 29.4. The lowest BCUT2D eigenvalue weighted by Gasteiger charge is -2.35. The Morgan fingerprint density at radius 1 is 1.07 bits per heavy atom. The number of halogens is 1. The van der Waals surface area contributed by atoms with Gasteiger partial charge in [0.2, 0.25) is 10.0 Å². The summed E-state index contributed by atoms with van der Waals surface area (Å²) in [4.78, 5) is 22.9. The summed E-state index contributed by atoms with van der Waals surface area (Å²) in [5.74, 6) is 1.48. The van der Waals surface area contributed by atoms with Crippen LogP contribution in [0.2, 0.25) is 5.02 Å². The number of aromatic nitrogens is 3. The number of piperidine rings is 1. The Bertz CT molecular complexity index is 1730. The molecular formula is C30H33ClN6O4S. The molecule has 2 unspecified atom stereocenters. The molecule has 42 heavy (non-hydrogen) atoms. The van der Waals surface area contributed by atoms with Gasteiger partial charge in [0.1, 0.15) is 17.7 Å². The number of hydrogen-bond acceptors (Lipinski definition) is 7. The standard InChI is InChI=1S/C30H33ClN6O4S/c1-20-18-37-28(32-29(20)35-15-13-23(19-35)41-22-8-4-3-5-9-22)17-26(33-37)27-10-6-7-14-36(27)30(38)24-16-21(31)11-12-25(24)34-42(2,39)40/h3-5,8-9,11-12,16-18,23,27,34H,6-7,10,13-15,19H2,1-2H3. The summed E-state index contributed by atoms with van der Waals surface area (Å²) in [6, 6.07) is 16.1. The van der Waals surface area contributed by atoms with Gasteiger partial charge in [-0.2, -0.15) is 5.10 Å². The summed E-state index contributed by atoms with van der Waals surface area (Å²) in [5.41, 5.74) is 2.87. The van der Waals surface area contributed by atoms with Crippen LogP contribution in [0.15, 0.2) is 60.8 Å². The van der Waals surface area contributed by atoms with Crippen molar-refractivity contribution in [3.63, 3.8) is 0 Å². The average Bonchev–Trinajstić information content (AvgIpc) is 3.59. The SMILES string of the molecule is Cc1cn2nc(C3CCCCN3C(=O)c3cc(Cl)ccc3NS(C)(=O)=O)cc2nc1N1CCC(Oc2ccccc2)C1. The Balaban J connectivity index is 1.26. The van der Waals surface area contributed by atoms with Crippen LogP contribution in [0, 0.1) is 6.92 Å². The number of carbonyl (C=O) groups excluding carboxylic acids is 1. The van der Waals surface area contributed by atoms with Crippen LogP contribution in [-0.2, 0) is 10.0 Å². The first-order chi connectivity index (χ1) is 20.1. The van der Waals surface area contributed by atoms with Gasteiger partial charge >= 0.3 is 0 Å². The smallest absolute Gasteiger partial charge is 0.256 e. The van der Waals surface area contributed by atoms with Gasteiger partial charge in [-0.15, -0.1) is 0 Å². The minimum absolute atomic E-state index is 0.0840. The van der Waals surface area contributed by atoms with E-state index >= 15 is 0 Å². The van der Waals surface area contributed by atoms with Gasteiger partial charge in [-0.3, -0.25) is 9.52 Å². The van der Waals surface area contributed by atoms with E-state index < -0.39 is 10.0 Å². The normalized spacial score (nSPS) is 19.3. The second kappa shape index (κ2) is 11.4. The number of sulfonamides is 1. The third kappa shape index (κ3) is 6.03. The fourth-order valence-corrected chi connectivity index (χ4v) is 6.58. The molecule has 10 nitrogen and oxygen atoms in total. The van der Waals surface area contributed by atoms with Gasteiger partial charge in [-0.05, 0) is 56.5 Å². The largest absolute Gasteiger partial charge is 0.489 e. The summed E-state index contributed by atoms with van der Waals surface area (Å²) < 4.78 is 34.4. The molecule has 1 N–H and O–H groups in total. The minimum atomic E-state index is -3.59. The number of nitrogens with one attached hydrogen (secondary N) is 1. The highest BCUT2D eigenvalue weighted by Gasteiger charge is 2.33. The molecule has 2 aliphatic heterocycles. The van der Waals surface area contributed by atoms with Crippen LogP contribution in [0.25, 0.3) is 5.65 Å². The van der Waals surface area contributed by atoms with E-state index in [9.17, 15) is 13.2 Å². The fraction of sp³-hybridized carbons (Fsp3) is 0.367. The molecule has 4 aromatic rings. The highest BCUT2D eigenvalue weighted by molar-refractivity contribution is 7.92. The zero-order valence-electron chi connectivity index (χ0n) is 23.5. The lowest BCUT2D eigenvalue weighted by molar-refractivity contribution is 0.0607. The van der Waals surface area contributed by atoms with E-state index in [2.05, 4.69) is 9.62 Å². The van der Waals surface area contributed by atoms with Gasteiger partial charge in [0.15, 0.2) is 5.65 Å². The molecule has 2 atom stereocenters. The van der Waals surface area contributed by atoms with Crippen molar-refractivity contribution in [2.24, 2.45) is 0 Å². The Labute approximate surface area is 250 Å². The first-order valence-electron chi connectivity index (χ1n) is 14.1. The number of para-hydroxylation sites is 1. The van der Waals surface area contributed by atoms with Crippen LogP contribution in [0.1, 0.15) is 53.3 Å². The molecule has 2 aromatic carbocycles. The number of likely N-dealkylation sites (tertiary alicyclic amines) is 1. The number of ether oxygens (including phenoxy) is 1. The highest BCUT2D eigenvalue weighted by atomic mass is 35.5. The van der Waals surface area contributed by atoms with Crippen molar-refractivity contribution in [1.29, 1.82) is 0 Å². The first-order valence-corrected chi connectivity index (χ1v) is 16.3. The molecule has 1 amide bonds. The van der Waals surface area contributed by atoms with Crippen LogP contribution < -0.4 is 14.4 Å². The maximum atomic E-state index is 13.9. The summed E-state index contributed by atoms with van der Waals surface area (Å²) in [6.45, 7) is 4.14. The molecule has 0 aliphatic carbocycles. The number of hydrogen-bond donors (Lipinski definition) is 1. The number of aryl methyl sites for hydroxylation is 1. The molecule has 2 aliphatic rings. The average molecular weight is 609 g/mol. The number of amides is 1. The third-order valence-electron chi connectivity index (χ3n) is 7.73. The van der Waals surface area contributed by atoms with Crippen molar-refractivity contribution in [3.8, 4) is 5.75 Å². The van der Waals surface area contributed by atoms with Gasteiger partial charge in [0.25, 0.3) is 5.91 Å². The van der Waals surface area contributed by atoms with Crippen LogP contribution in [0.4, 0.5) is 11.5 Å². The molecule has 12 heteroatoms. The van der Waals surface area contributed by atoms with E-state index in [0.717, 1.165) is 67.9 Å². The van der Waals surface area contributed by atoms with E-state index in [-0.39, 0.29) is 29.3 Å². The molecule has 2 aromatic heterocycles. The summed E-state index contributed by atoms with van der Waals surface area (Å²) in [6.07, 6.45) is 6.55. The van der Waals surface area contributed by atoms with E-state index in [0.29, 0.717) is 17.2 Å². The van der Waals surface area contributed by atoms with E-state index in [1.165, 1.54) is 12.1 Å². The molecule has 0 spiro atoms. The number of benzene rings is 2. The van der Waals surface area contributed by atoms with Crippen LogP contribution in [0.5, 0.6) is 5.75 Å². The molecule has 0 bridgehead atoms. The van der Waals surface area contributed by atoms with Gasteiger partial charge in [-0.25, -0.2) is 17.9 Å². The highest BCUT2D eigenvalue weighted by Crippen LogP contribution is 2.34. The lowest BCUT2D eigenvalue weighted by Crippen LogP contribution is -2.39. The maximum Gasteiger partial charge on any atom is 0.256 e. The van der Waals surface area contributed by atoms with Crippen molar-refractivity contribution < 1.29 is 17.9 Å². The molecule has 2 fully saturated rings. The fourth-order valence-electron chi connectivity index (χ4n) is 5.83. The Kier molecular flexibility index (Phi) is 7.71.